The summed E-state index contributed by atoms with van der Waals surface area (Å²) < 4.78 is 4.98. The first-order chi connectivity index (χ1) is 5.38. The quantitative estimate of drug-likeness (QED) is 0.587. The molecule has 0 heterocycles. The van der Waals surface area contributed by atoms with Gasteiger partial charge in [0.1, 0.15) is 0 Å². The summed E-state index contributed by atoms with van der Waals surface area (Å²) >= 11 is 0. The zero-order valence-corrected chi connectivity index (χ0v) is 7.93. The molecule has 1 aliphatic carbocycles. The number of ketones is 1. The fraction of sp³-hybridized carbons (Fsp3) is 0.778. The van der Waals surface area contributed by atoms with Gasteiger partial charge in [0.05, 0.1) is 5.41 Å². The predicted octanol–water partition coefficient (Wildman–Crippen LogP) is 1.31. The van der Waals surface area contributed by atoms with Crippen molar-refractivity contribution in [3.8, 4) is 0 Å². The summed E-state index contributed by atoms with van der Waals surface area (Å²) in [4.78, 5) is 22.0. The molecule has 0 amide bonds. The summed E-state index contributed by atoms with van der Waals surface area (Å²) in [7, 11) is 0. The monoisotopic (exact) mass is 170 g/mol. The van der Waals surface area contributed by atoms with Crippen molar-refractivity contribution in [2.24, 2.45) is 5.41 Å². The second kappa shape index (κ2) is 2.31. The molecule has 1 saturated carbocycles. The van der Waals surface area contributed by atoms with Crippen LogP contribution < -0.4 is 0 Å². The van der Waals surface area contributed by atoms with Crippen molar-refractivity contribution >= 4 is 11.8 Å². The van der Waals surface area contributed by atoms with Gasteiger partial charge < -0.3 is 4.74 Å². The number of carbonyl (C=O) groups excluding carboxylic acids is 2. The summed E-state index contributed by atoms with van der Waals surface area (Å²) in [5.74, 6) is -0.351. The van der Waals surface area contributed by atoms with E-state index in [1.165, 1.54) is 6.92 Å². The molecular formula is C9H14O3. The van der Waals surface area contributed by atoms with Crippen LogP contribution in [0.25, 0.3) is 0 Å². The third-order valence-corrected chi connectivity index (χ3v) is 2.98. The van der Waals surface area contributed by atoms with Gasteiger partial charge in [-0.2, -0.15) is 0 Å². The van der Waals surface area contributed by atoms with Crippen molar-refractivity contribution in [1.82, 2.24) is 0 Å². The van der Waals surface area contributed by atoms with E-state index >= 15 is 0 Å². The Hall–Kier alpha value is -0.860. The molecule has 12 heavy (non-hydrogen) atoms. The van der Waals surface area contributed by atoms with Crippen molar-refractivity contribution in [1.29, 1.82) is 0 Å². The highest BCUT2D eigenvalue weighted by molar-refractivity contribution is 6.11. The number of carbonyl (C=O) groups is 2. The van der Waals surface area contributed by atoms with Crippen LogP contribution in [0.4, 0.5) is 0 Å². The average molecular weight is 170 g/mol. The summed E-state index contributed by atoms with van der Waals surface area (Å²) in [6.45, 7) is 6.76. The van der Waals surface area contributed by atoms with Gasteiger partial charge in [0.15, 0.2) is 11.4 Å². The van der Waals surface area contributed by atoms with Crippen LogP contribution >= 0.6 is 0 Å². The number of rotatable bonds is 2. The van der Waals surface area contributed by atoms with E-state index in [9.17, 15) is 9.59 Å². The second-order valence-corrected chi connectivity index (χ2v) is 3.64. The number of hydrogen-bond acceptors (Lipinski definition) is 3. The van der Waals surface area contributed by atoms with Gasteiger partial charge >= 0.3 is 5.97 Å². The lowest BCUT2D eigenvalue weighted by atomic mass is 10.0. The highest BCUT2D eigenvalue weighted by atomic mass is 16.6. The molecule has 0 saturated heterocycles. The van der Waals surface area contributed by atoms with Gasteiger partial charge in [0, 0.05) is 6.92 Å². The zero-order valence-electron chi connectivity index (χ0n) is 7.93. The van der Waals surface area contributed by atoms with E-state index in [-0.39, 0.29) is 11.8 Å². The Morgan fingerprint density at radius 3 is 2.25 bits per heavy atom. The average Bonchev–Trinajstić information content (AvgIpc) is 2.36. The van der Waals surface area contributed by atoms with Crippen LogP contribution in [0.2, 0.25) is 0 Å². The van der Waals surface area contributed by atoms with Gasteiger partial charge in [0.25, 0.3) is 0 Å². The Morgan fingerprint density at radius 1 is 1.50 bits per heavy atom. The van der Waals surface area contributed by atoms with E-state index < -0.39 is 11.0 Å². The van der Waals surface area contributed by atoms with E-state index in [4.69, 9.17) is 4.74 Å². The smallest absolute Gasteiger partial charge is 0.303 e. The molecule has 0 radical (unpaired) electrons. The fourth-order valence-electron chi connectivity index (χ4n) is 1.62. The molecule has 0 aromatic heterocycles. The van der Waals surface area contributed by atoms with Gasteiger partial charge in [0.2, 0.25) is 0 Å². The van der Waals surface area contributed by atoms with Crippen LogP contribution in [0.15, 0.2) is 0 Å². The molecule has 1 fully saturated rings. The predicted molar refractivity (Wildman–Crippen MR) is 43.6 cm³/mol. The minimum absolute atomic E-state index is 0.0349. The zero-order chi connectivity index (χ0) is 9.57. The van der Waals surface area contributed by atoms with Gasteiger partial charge in [-0.1, -0.05) is 6.92 Å². The largest absolute Gasteiger partial charge is 0.450 e. The third-order valence-electron chi connectivity index (χ3n) is 2.98. The van der Waals surface area contributed by atoms with Crippen molar-refractivity contribution < 1.29 is 14.3 Å². The molecule has 3 heteroatoms. The van der Waals surface area contributed by atoms with Gasteiger partial charge in [-0.15, -0.1) is 0 Å². The fourth-order valence-corrected chi connectivity index (χ4v) is 1.62. The lowest BCUT2D eigenvalue weighted by molar-refractivity contribution is -0.151. The van der Waals surface area contributed by atoms with E-state index in [0.29, 0.717) is 0 Å². The minimum atomic E-state index is -0.854. The highest BCUT2D eigenvalue weighted by Crippen LogP contribution is 2.56. The second-order valence-electron chi connectivity index (χ2n) is 3.64. The third kappa shape index (κ3) is 0.886. The Bertz CT molecular complexity index is 246. The molecular weight excluding hydrogens is 156 g/mol. The summed E-state index contributed by atoms with van der Waals surface area (Å²) in [6, 6.07) is 0. The Morgan fingerprint density at radius 2 is 2.00 bits per heavy atom. The molecule has 68 valence electrons. The maximum atomic E-state index is 11.4. The molecule has 0 aromatic carbocycles. The topological polar surface area (TPSA) is 43.4 Å². The standard InChI is InChI=1S/C9H14O3/c1-5-8(3)7(11)9(8,4)12-6(2)10/h5H2,1-4H3. The first kappa shape index (κ1) is 9.23. The number of esters is 1. The molecule has 1 rings (SSSR count). The maximum absolute atomic E-state index is 11.4. The number of ether oxygens (including phenoxy) is 1. The summed E-state index contributed by atoms with van der Waals surface area (Å²) in [5, 5.41) is 0. The Labute approximate surface area is 72.1 Å². The van der Waals surface area contributed by atoms with Crippen molar-refractivity contribution in [3.05, 3.63) is 0 Å². The first-order valence-electron chi connectivity index (χ1n) is 4.13. The van der Waals surface area contributed by atoms with Crippen LogP contribution in [-0.4, -0.2) is 17.4 Å². The molecule has 0 bridgehead atoms. The summed E-state index contributed by atoms with van der Waals surface area (Å²) in [6.07, 6.45) is 0.718. The van der Waals surface area contributed by atoms with Crippen LogP contribution in [0.5, 0.6) is 0 Å². The maximum Gasteiger partial charge on any atom is 0.303 e. The van der Waals surface area contributed by atoms with E-state index in [1.807, 2.05) is 13.8 Å². The van der Waals surface area contributed by atoms with E-state index in [1.54, 1.807) is 6.92 Å². The molecule has 2 unspecified atom stereocenters. The van der Waals surface area contributed by atoms with Crippen molar-refractivity contribution in [2.75, 3.05) is 0 Å². The molecule has 0 aromatic rings. The van der Waals surface area contributed by atoms with Crippen molar-refractivity contribution in [3.63, 3.8) is 0 Å². The molecule has 1 aliphatic rings. The van der Waals surface area contributed by atoms with Crippen LogP contribution in [-0.2, 0) is 14.3 Å². The molecule has 2 atom stereocenters. The molecule has 0 aliphatic heterocycles. The lowest BCUT2D eigenvalue weighted by Gasteiger charge is -2.13. The van der Waals surface area contributed by atoms with Gasteiger partial charge in [-0.25, -0.2) is 0 Å². The summed E-state index contributed by atoms with van der Waals surface area (Å²) in [5.41, 5.74) is -1.30. The lowest BCUT2D eigenvalue weighted by Crippen LogP contribution is -2.21. The van der Waals surface area contributed by atoms with Gasteiger partial charge in [-0.3, -0.25) is 9.59 Å². The highest BCUT2D eigenvalue weighted by Gasteiger charge is 2.73. The first-order valence-corrected chi connectivity index (χ1v) is 4.13. The van der Waals surface area contributed by atoms with Crippen LogP contribution in [0.3, 0.4) is 0 Å². The molecule has 0 spiro atoms. The van der Waals surface area contributed by atoms with Crippen LogP contribution in [0.1, 0.15) is 34.1 Å². The van der Waals surface area contributed by atoms with E-state index in [2.05, 4.69) is 0 Å². The van der Waals surface area contributed by atoms with E-state index in [0.717, 1.165) is 6.42 Å². The number of hydrogen-bond donors (Lipinski definition) is 0. The molecule has 3 nitrogen and oxygen atoms in total. The van der Waals surface area contributed by atoms with Crippen molar-refractivity contribution in [2.45, 2.75) is 39.7 Å². The number of Topliss-reactive ketones (excluding diaryl/α,β-unsaturated/α-hetero) is 1. The SMILES string of the molecule is CCC1(C)C(=O)C1(C)OC(C)=O. The molecule has 0 N–H and O–H groups in total. The van der Waals surface area contributed by atoms with Gasteiger partial charge in [-0.05, 0) is 20.3 Å². The minimum Gasteiger partial charge on any atom is -0.450 e. The Kier molecular flexibility index (Phi) is 1.78. The Balaban J connectivity index is 2.78. The normalized spacial score (nSPS) is 39.5. The van der Waals surface area contributed by atoms with Crippen LogP contribution in [0, 0.1) is 5.41 Å².